The van der Waals surface area contributed by atoms with Crippen LogP contribution in [-0.2, 0) is 4.79 Å². The van der Waals surface area contributed by atoms with Crippen molar-refractivity contribution in [2.45, 2.75) is 19.8 Å². The fourth-order valence-corrected chi connectivity index (χ4v) is 2.83. The lowest BCUT2D eigenvalue weighted by atomic mass is 10.1. The molecule has 0 spiro atoms. The van der Waals surface area contributed by atoms with Gasteiger partial charge in [-0.25, -0.2) is 4.39 Å². The Morgan fingerprint density at radius 3 is 2.54 bits per heavy atom. The Kier molecular flexibility index (Phi) is 4.99. The Morgan fingerprint density at radius 2 is 1.88 bits per heavy atom. The number of benzene rings is 2. The van der Waals surface area contributed by atoms with E-state index >= 15 is 0 Å². The van der Waals surface area contributed by atoms with E-state index in [1.807, 2.05) is 19.1 Å². The van der Waals surface area contributed by atoms with Gasteiger partial charge >= 0.3 is 0 Å². The highest BCUT2D eigenvalue weighted by atomic mass is 19.1. The summed E-state index contributed by atoms with van der Waals surface area (Å²) in [5.74, 6) is -0.107. The second kappa shape index (κ2) is 7.34. The van der Waals surface area contributed by atoms with E-state index in [0.29, 0.717) is 5.75 Å². The van der Waals surface area contributed by atoms with Crippen LogP contribution in [0.3, 0.4) is 0 Å². The number of aryl methyl sites for hydroxylation is 1. The van der Waals surface area contributed by atoms with Gasteiger partial charge in [-0.15, -0.1) is 0 Å². The SMILES string of the molecule is Cc1cc(N2CCCC2)ccc1NC(=O)COc1ccc(F)cc1. The minimum Gasteiger partial charge on any atom is -0.484 e. The summed E-state index contributed by atoms with van der Waals surface area (Å²) in [5, 5.41) is 2.85. The number of hydrogen-bond donors (Lipinski definition) is 1. The van der Waals surface area contributed by atoms with Crippen LogP contribution in [0.2, 0.25) is 0 Å². The Hall–Kier alpha value is -2.56. The molecule has 4 nitrogen and oxygen atoms in total. The van der Waals surface area contributed by atoms with Crippen LogP contribution in [-0.4, -0.2) is 25.6 Å². The largest absolute Gasteiger partial charge is 0.484 e. The van der Waals surface area contributed by atoms with Gasteiger partial charge in [0.05, 0.1) is 0 Å². The number of carbonyl (C=O) groups is 1. The zero-order chi connectivity index (χ0) is 16.9. The molecule has 1 N–H and O–H groups in total. The third-order valence-corrected chi connectivity index (χ3v) is 4.14. The molecule has 24 heavy (non-hydrogen) atoms. The molecule has 0 atom stereocenters. The first-order valence-corrected chi connectivity index (χ1v) is 8.15. The minimum absolute atomic E-state index is 0.112. The van der Waals surface area contributed by atoms with Crippen molar-refractivity contribution in [3.05, 3.63) is 53.8 Å². The summed E-state index contributed by atoms with van der Waals surface area (Å²) in [7, 11) is 0. The van der Waals surface area contributed by atoms with Gasteiger partial charge in [-0.3, -0.25) is 4.79 Å². The van der Waals surface area contributed by atoms with Gasteiger partial charge in [-0.1, -0.05) is 0 Å². The molecule has 0 aliphatic carbocycles. The van der Waals surface area contributed by atoms with Gasteiger partial charge in [0, 0.05) is 24.5 Å². The maximum absolute atomic E-state index is 12.8. The van der Waals surface area contributed by atoms with E-state index in [2.05, 4.69) is 16.3 Å². The van der Waals surface area contributed by atoms with E-state index in [1.54, 1.807) is 0 Å². The fraction of sp³-hybridized carbons (Fsp3) is 0.316. The summed E-state index contributed by atoms with van der Waals surface area (Å²) in [5.41, 5.74) is 3.01. The number of hydrogen-bond acceptors (Lipinski definition) is 3. The van der Waals surface area contributed by atoms with Gasteiger partial charge in [0.1, 0.15) is 11.6 Å². The van der Waals surface area contributed by atoms with E-state index in [4.69, 9.17) is 4.74 Å². The summed E-state index contributed by atoms with van der Waals surface area (Å²) in [6.45, 7) is 4.06. The van der Waals surface area contributed by atoms with Gasteiger partial charge in [0.25, 0.3) is 5.91 Å². The molecule has 0 aromatic heterocycles. The molecule has 2 aromatic carbocycles. The van der Waals surface area contributed by atoms with Crippen molar-refractivity contribution >= 4 is 17.3 Å². The molecule has 0 bridgehead atoms. The molecule has 1 saturated heterocycles. The number of carbonyl (C=O) groups excluding carboxylic acids is 1. The number of halogens is 1. The lowest BCUT2D eigenvalue weighted by Gasteiger charge is -2.19. The Labute approximate surface area is 141 Å². The molecule has 2 aromatic rings. The van der Waals surface area contributed by atoms with Crippen LogP contribution in [0.1, 0.15) is 18.4 Å². The minimum atomic E-state index is -0.333. The van der Waals surface area contributed by atoms with Crippen molar-refractivity contribution in [2.24, 2.45) is 0 Å². The number of anilines is 2. The van der Waals surface area contributed by atoms with Crippen molar-refractivity contribution in [1.29, 1.82) is 0 Å². The molecule has 5 heteroatoms. The molecule has 0 radical (unpaired) electrons. The quantitative estimate of drug-likeness (QED) is 0.909. The monoisotopic (exact) mass is 328 g/mol. The maximum Gasteiger partial charge on any atom is 0.262 e. The zero-order valence-electron chi connectivity index (χ0n) is 13.7. The van der Waals surface area contributed by atoms with Crippen molar-refractivity contribution in [1.82, 2.24) is 0 Å². The molecule has 1 heterocycles. The zero-order valence-corrected chi connectivity index (χ0v) is 13.7. The summed E-state index contributed by atoms with van der Waals surface area (Å²) in [6.07, 6.45) is 2.47. The molecule has 126 valence electrons. The fourth-order valence-electron chi connectivity index (χ4n) is 2.83. The molecule has 0 saturated carbocycles. The highest BCUT2D eigenvalue weighted by Gasteiger charge is 2.13. The molecular weight excluding hydrogens is 307 g/mol. The molecule has 3 rings (SSSR count). The lowest BCUT2D eigenvalue weighted by Crippen LogP contribution is -2.21. The average Bonchev–Trinajstić information content (AvgIpc) is 3.11. The van der Waals surface area contributed by atoms with Crippen LogP contribution >= 0.6 is 0 Å². The molecule has 0 unspecified atom stereocenters. The first kappa shape index (κ1) is 16.3. The Bertz CT molecular complexity index is 710. The Morgan fingerprint density at radius 1 is 1.17 bits per heavy atom. The van der Waals surface area contributed by atoms with E-state index in [1.165, 1.54) is 42.8 Å². The summed E-state index contributed by atoms with van der Waals surface area (Å²) < 4.78 is 18.2. The van der Waals surface area contributed by atoms with Crippen LogP contribution < -0.4 is 15.0 Å². The number of rotatable bonds is 5. The van der Waals surface area contributed by atoms with Crippen LogP contribution in [0.15, 0.2) is 42.5 Å². The molecule has 1 aliphatic heterocycles. The summed E-state index contributed by atoms with van der Waals surface area (Å²) in [6, 6.07) is 11.7. The average molecular weight is 328 g/mol. The molecule has 1 amide bonds. The van der Waals surface area contributed by atoms with Crippen molar-refractivity contribution in [2.75, 3.05) is 29.9 Å². The number of amides is 1. The first-order valence-electron chi connectivity index (χ1n) is 8.15. The highest BCUT2D eigenvalue weighted by Crippen LogP contribution is 2.25. The van der Waals surface area contributed by atoms with Crippen LogP contribution in [0.5, 0.6) is 5.75 Å². The van der Waals surface area contributed by atoms with E-state index in [9.17, 15) is 9.18 Å². The standard InChI is InChI=1S/C19H21FN2O2/c1-14-12-16(22-10-2-3-11-22)6-9-18(14)21-19(23)13-24-17-7-4-15(20)5-8-17/h4-9,12H,2-3,10-11,13H2,1H3,(H,21,23). The van der Waals surface area contributed by atoms with Gasteiger partial charge in [-0.05, 0) is 67.8 Å². The highest BCUT2D eigenvalue weighted by molar-refractivity contribution is 5.92. The Balaban J connectivity index is 1.56. The van der Waals surface area contributed by atoms with Crippen LogP contribution in [0, 0.1) is 12.7 Å². The van der Waals surface area contributed by atoms with E-state index in [0.717, 1.165) is 24.3 Å². The molecular formula is C19H21FN2O2. The van der Waals surface area contributed by atoms with Crippen LogP contribution in [0.4, 0.5) is 15.8 Å². The predicted octanol–water partition coefficient (Wildman–Crippen LogP) is 3.75. The normalized spacial score (nSPS) is 13.8. The van der Waals surface area contributed by atoms with Gasteiger partial charge in [-0.2, -0.15) is 0 Å². The van der Waals surface area contributed by atoms with Gasteiger partial charge < -0.3 is 15.0 Å². The van der Waals surface area contributed by atoms with Gasteiger partial charge in [0.2, 0.25) is 0 Å². The third-order valence-electron chi connectivity index (χ3n) is 4.14. The maximum atomic E-state index is 12.8. The summed E-state index contributed by atoms with van der Waals surface area (Å²) >= 11 is 0. The first-order chi connectivity index (χ1) is 11.6. The predicted molar refractivity (Wildman–Crippen MR) is 93.2 cm³/mol. The molecule has 1 fully saturated rings. The second-order valence-electron chi connectivity index (χ2n) is 5.98. The summed E-state index contributed by atoms with van der Waals surface area (Å²) in [4.78, 5) is 14.4. The van der Waals surface area contributed by atoms with E-state index in [-0.39, 0.29) is 18.3 Å². The lowest BCUT2D eigenvalue weighted by molar-refractivity contribution is -0.118. The van der Waals surface area contributed by atoms with Crippen molar-refractivity contribution < 1.29 is 13.9 Å². The van der Waals surface area contributed by atoms with Crippen LogP contribution in [0.25, 0.3) is 0 Å². The molecule has 1 aliphatic rings. The number of ether oxygens (including phenoxy) is 1. The van der Waals surface area contributed by atoms with Crippen molar-refractivity contribution in [3.63, 3.8) is 0 Å². The van der Waals surface area contributed by atoms with Crippen molar-refractivity contribution in [3.8, 4) is 5.75 Å². The van der Waals surface area contributed by atoms with Gasteiger partial charge in [0.15, 0.2) is 6.61 Å². The smallest absolute Gasteiger partial charge is 0.262 e. The number of nitrogens with one attached hydrogen (secondary N) is 1. The van der Waals surface area contributed by atoms with E-state index < -0.39 is 0 Å². The third kappa shape index (κ3) is 4.04. The topological polar surface area (TPSA) is 41.6 Å². The second-order valence-corrected chi connectivity index (χ2v) is 5.98. The number of nitrogens with zero attached hydrogens (tertiary/aromatic N) is 1.